The van der Waals surface area contributed by atoms with Crippen LogP contribution >= 0.6 is 11.8 Å². The molecule has 3 unspecified atom stereocenters. The van der Waals surface area contributed by atoms with E-state index in [1.165, 1.54) is 23.6 Å². The molecule has 25 heavy (non-hydrogen) atoms. The summed E-state index contributed by atoms with van der Waals surface area (Å²) in [7, 11) is 0. The maximum atomic E-state index is 12.5. The van der Waals surface area contributed by atoms with Crippen LogP contribution in [-0.4, -0.2) is 51.1 Å². The van der Waals surface area contributed by atoms with Gasteiger partial charge in [-0.2, -0.15) is 0 Å². The Labute approximate surface area is 147 Å². The normalized spacial score (nSPS) is 23.0. The Balaban J connectivity index is 1.90. The second-order valence-electron chi connectivity index (χ2n) is 5.59. The number of carbonyl (C=O) groups excluding carboxylic acids is 3. The van der Waals surface area contributed by atoms with Crippen molar-refractivity contribution in [1.82, 2.24) is 9.88 Å². The quantitative estimate of drug-likeness (QED) is 0.463. The van der Waals surface area contributed by atoms with Gasteiger partial charge in [0.2, 0.25) is 12.7 Å². The fourth-order valence-corrected chi connectivity index (χ4v) is 4.30. The number of β-lactam (4-membered cyclic amide) rings is 1. The van der Waals surface area contributed by atoms with Gasteiger partial charge in [0.25, 0.3) is 0 Å². The van der Waals surface area contributed by atoms with E-state index in [4.69, 9.17) is 4.74 Å². The van der Waals surface area contributed by atoms with Gasteiger partial charge in [-0.05, 0) is 13.0 Å². The molecule has 132 valence electrons. The number of carbonyl (C=O) groups is 3. The molecule has 2 aliphatic heterocycles. The lowest BCUT2D eigenvalue weighted by molar-refractivity contribution is -0.168. The Morgan fingerprint density at radius 3 is 2.80 bits per heavy atom. The van der Waals surface area contributed by atoms with Crippen molar-refractivity contribution in [3.63, 3.8) is 0 Å². The summed E-state index contributed by atoms with van der Waals surface area (Å²) in [5, 5.41) is 9.43. The molecule has 0 bridgehead atoms. The van der Waals surface area contributed by atoms with Gasteiger partial charge in [0.05, 0.1) is 12.0 Å². The average Bonchev–Trinajstić information content (AvgIpc) is 2.90. The van der Waals surface area contributed by atoms with E-state index >= 15 is 0 Å². The molecule has 3 rings (SSSR count). The largest absolute Gasteiger partial charge is 0.428 e. The van der Waals surface area contributed by atoms with Crippen molar-refractivity contribution >= 4 is 34.5 Å². The second-order valence-corrected chi connectivity index (χ2v) is 6.71. The number of amides is 1. The third-order valence-corrected chi connectivity index (χ3v) is 5.28. The van der Waals surface area contributed by atoms with Crippen LogP contribution < -0.4 is 0 Å². The summed E-state index contributed by atoms with van der Waals surface area (Å²) >= 11 is 1.31. The van der Waals surface area contributed by atoms with E-state index in [1.54, 1.807) is 31.5 Å². The SMILES string of the molecule is CC(=O)OCOC(=O)C1=C(c2cccnc2)SC2C(C(C)O)C(=O)N12. The number of aromatic nitrogens is 1. The number of hydrogen-bond acceptors (Lipinski definition) is 8. The van der Waals surface area contributed by atoms with E-state index in [1.807, 2.05) is 0 Å². The molecule has 1 fully saturated rings. The summed E-state index contributed by atoms with van der Waals surface area (Å²) in [6.45, 7) is 2.21. The highest BCUT2D eigenvalue weighted by Gasteiger charge is 2.58. The molecule has 1 aromatic heterocycles. The lowest BCUT2D eigenvalue weighted by Gasteiger charge is -2.43. The first kappa shape index (κ1) is 17.4. The minimum atomic E-state index is -0.826. The predicted octanol–water partition coefficient (Wildman–Crippen LogP) is 0.726. The van der Waals surface area contributed by atoms with Gasteiger partial charge in [0, 0.05) is 29.8 Å². The Hall–Kier alpha value is -2.39. The average molecular weight is 364 g/mol. The lowest BCUT2D eigenvalue weighted by atomic mass is 9.92. The van der Waals surface area contributed by atoms with Crippen LogP contribution in [0.15, 0.2) is 30.2 Å². The van der Waals surface area contributed by atoms with E-state index < -0.39 is 30.8 Å². The molecule has 1 saturated heterocycles. The van der Waals surface area contributed by atoms with Crippen LogP contribution in [0.3, 0.4) is 0 Å². The molecule has 0 spiro atoms. The van der Waals surface area contributed by atoms with Gasteiger partial charge in [-0.1, -0.05) is 17.8 Å². The van der Waals surface area contributed by atoms with Crippen molar-refractivity contribution in [2.75, 3.05) is 6.79 Å². The van der Waals surface area contributed by atoms with E-state index in [-0.39, 0.29) is 17.0 Å². The molecular formula is C16H16N2O6S. The third-order valence-electron chi connectivity index (χ3n) is 3.87. The van der Waals surface area contributed by atoms with Crippen LogP contribution in [0.5, 0.6) is 0 Å². The van der Waals surface area contributed by atoms with Crippen LogP contribution in [0.1, 0.15) is 19.4 Å². The van der Waals surface area contributed by atoms with Crippen molar-refractivity contribution in [3.8, 4) is 0 Å². The van der Waals surface area contributed by atoms with Crippen LogP contribution in [0.2, 0.25) is 0 Å². The first-order valence-corrected chi connectivity index (χ1v) is 8.42. The van der Waals surface area contributed by atoms with Gasteiger partial charge >= 0.3 is 11.9 Å². The fraction of sp³-hybridized carbons (Fsp3) is 0.375. The number of rotatable bonds is 5. The van der Waals surface area contributed by atoms with Crippen molar-refractivity contribution < 1.29 is 29.0 Å². The Morgan fingerprint density at radius 1 is 1.44 bits per heavy atom. The van der Waals surface area contributed by atoms with Gasteiger partial charge in [0.1, 0.15) is 11.1 Å². The highest BCUT2D eigenvalue weighted by molar-refractivity contribution is 8.09. The van der Waals surface area contributed by atoms with Gasteiger partial charge in [-0.15, -0.1) is 0 Å². The summed E-state index contributed by atoms with van der Waals surface area (Å²) in [5.74, 6) is -2.28. The monoisotopic (exact) mass is 364 g/mol. The van der Waals surface area contributed by atoms with Crippen molar-refractivity contribution in [1.29, 1.82) is 0 Å². The molecule has 1 N–H and O–H groups in total. The Bertz CT molecular complexity index is 748. The Morgan fingerprint density at radius 2 is 2.20 bits per heavy atom. The van der Waals surface area contributed by atoms with Crippen molar-refractivity contribution in [3.05, 3.63) is 35.8 Å². The van der Waals surface area contributed by atoms with Gasteiger partial charge in [-0.25, -0.2) is 4.79 Å². The number of pyridine rings is 1. The number of nitrogens with zero attached hydrogens (tertiary/aromatic N) is 2. The van der Waals surface area contributed by atoms with Crippen LogP contribution in [0.4, 0.5) is 0 Å². The molecular weight excluding hydrogens is 348 g/mol. The molecule has 1 amide bonds. The van der Waals surface area contributed by atoms with E-state index in [9.17, 15) is 19.5 Å². The minimum Gasteiger partial charge on any atom is -0.428 e. The molecule has 1 aromatic rings. The zero-order chi connectivity index (χ0) is 18.1. The molecule has 3 heterocycles. The third kappa shape index (κ3) is 3.12. The molecule has 3 atom stereocenters. The van der Waals surface area contributed by atoms with Gasteiger partial charge < -0.3 is 14.6 Å². The molecule has 9 heteroatoms. The van der Waals surface area contributed by atoms with E-state index in [0.29, 0.717) is 10.5 Å². The number of aliphatic hydroxyl groups is 1. The number of hydrogen-bond donors (Lipinski definition) is 1. The number of ether oxygens (including phenoxy) is 2. The highest BCUT2D eigenvalue weighted by atomic mass is 32.2. The van der Waals surface area contributed by atoms with E-state index in [0.717, 1.165) is 0 Å². The number of esters is 2. The summed E-state index contributed by atoms with van der Waals surface area (Å²) in [5.41, 5.74) is 0.746. The van der Waals surface area contributed by atoms with Crippen molar-refractivity contribution in [2.45, 2.75) is 25.3 Å². The summed E-state index contributed by atoms with van der Waals surface area (Å²) < 4.78 is 9.57. The predicted molar refractivity (Wildman–Crippen MR) is 87.3 cm³/mol. The highest BCUT2D eigenvalue weighted by Crippen LogP contribution is 2.53. The zero-order valence-corrected chi connectivity index (χ0v) is 14.4. The summed E-state index contributed by atoms with van der Waals surface area (Å²) in [6, 6.07) is 3.48. The molecule has 8 nitrogen and oxygen atoms in total. The van der Waals surface area contributed by atoms with Crippen molar-refractivity contribution in [2.24, 2.45) is 5.92 Å². The molecule has 2 aliphatic rings. The van der Waals surface area contributed by atoms with Crippen LogP contribution in [0, 0.1) is 5.92 Å². The maximum Gasteiger partial charge on any atom is 0.359 e. The van der Waals surface area contributed by atoms with Gasteiger partial charge in [-0.3, -0.25) is 19.5 Å². The summed E-state index contributed by atoms with van der Waals surface area (Å²) in [6.07, 6.45) is 2.35. The standard InChI is InChI=1S/C16H16N2O6S/c1-8(19)11-14(21)18-12(16(22)24-7-23-9(2)20)13(25-15(11)18)10-4-3-5-17-6-10/h3-6,8,11,15,19H,7H2,1-2H3. The van der Waals surface area contributed by atoms with Crippen LogP contribution in [-0.2, 0) is 23.9 Å². The number of aliphatic hydroxyl groups excluding tert-OH is 1. The Kier molecular flexibility index (Phi) is 4.78. The molecule has 0 aliphatic carbocycles. The van der Waals surface area contributed by atoms with Gasteiger partial charge in [0.15, 0.2) is 0 Å². The second kappa shape index (κ2) is 6.85. The molecule has 0 aromatic carbocycles. The summed E-state index contributed by atoms with van der Waals surface area (Å²) in [4.78, 5) is 41.5. The number of fused-ring (bicyclic) bond motifs is 1. The topological polar surface area (TPSA) is 106 Å². The number of thioether (sulfide) groups is 1. The zero-order valence-electron chi connectivity index (χ0n) is 13.5. The fourth-order valence-electron chi connectivity index (χ4n) is 2.71. The molecule has 0 saturated carbocycles. The van der Waals surface area contributed by atoms with Crippen LogP contribution in [0.25, 0.3) is 4.91 Å². The first-order valence-electron chi connectivity index (χ1n) is 7.54. The lowest BCUT2D eigenvalue weighted by Crippen LogP contribution is -2.60. The maximum absolute atomic E-state index is 12.5. The minimum absolute atomic E-state index is 0.0806. The molecule has 0 radical (unpaired) electrons. The van der Waals surface area contributed by atoms with E-state index in [2.05, 4.69) is 9.72 Å². The smallest absolute Gasteiger partial charge is 0.359 e. The first-order chi connectivity index (χ1) is 11.9.